The molecule has 3 aromatic rings. The summed E-state index contributed by atoms with van der Waals surface area (Å²) in [5.74, 6) is 0.510. The number of piperazine rings is 1. The van der Waals surface area contributed by atoms with Crippen molar-refractivity contribution in [3.05, 3.63) is 45.9 Å². The zero-order valence-electron chi connectivity index (χ0n) is 19.6. The van der Waals surface area contributed by atoms with E-state index in [9.17, 15) is 14.4 Å². The molecule has 10 heteroatoms. The Morgan fingerprint density at radius 3 is 2.69 bits per heavy atom. The maximum absolute atomic E-state index is 13.1. The Balaban J connectivity index is 1.29. The van der Waals surface area contributed by atoms with E-state index in [1.807, 2.05) is 29.2 Å². The Hall–Kier alpha value is -3.01. The first-order chi connectivity index (χ1) is 17.5. The van der Waals surface area contributed by atoms with Crippen LogP contribution in [-0.4, -0.2) is 71.3 Å². The number of pyridine rings is 1. The van der Waals surface area contributed by atoms with Crippen LogP contribution in [0.3, 0.4) is 0 Å². The van der Waals surface area contributed by atoms with Crippen LogP contribution in [-0.2, 0) is 27.2 Å². The van der Waals surface area contributed by atoms with Gasteiger partial charge in [0, 0.05) is 91.2 Å². The van der Waals surface area contributed by atoms with Gasteiger partial charge in [-0.1, -0.05) is 11.6 Å². The number of amides is 3. The van der Waals surface area contributed by atoms with E-state index in [-0.39, 0.29) is 17.7 Å². The van der Waals surface area contributed by atoms with Gasteiger partial charge in [0.1, 0.15) is 5.75 Å². The third-order valence-corrected chi connectivity index (χ3v) is 8.43. The number of hydrogen-bond acceptors (Lipinski definition) is 7. The zero-order chi connectivity index (χ0) is 24.8. The monoisotopic (exact) mass is 524 g/mol. The van der Waals surface area contributed by atoms with Crippen molar-refractivity contribution in [2.45, 2.75) is 31.8 Å². The molecule has 8 nitrogen and oxygen atoms in total. The van der Waals surface area contributed by atoms with E-state index in [1.165, 1.54) is 4.90 Å². The van der Waals surface area contributed by atoms with Crippen molar-refractivity contribution in [1.29, 1.82) is 0 Å². The lowest BCUT2D eigenvalue weighted by molar-refractivity contribution is -0.139. The largest absolute Gasteiger partial charge is 0.479 e. The number of benzene rings is 1. The first-order valence-electron chi connectivity index (χ1n) is 12.2. The average molecular weight is 525 g/mol. The molecule has 0 aliphatic carbocycles. The van der Waals surface area contributed by atoms with Crippen LogP contribution in [0.2, 0.25) is 5.02 Å². The van der Waals surface area contributed by atoms with E-state index in [2.05, 4.69) is 10.3 Å². The number of imide groups is 1. The number of ether oxygens (including phenoxy) is 1. The quantitative estimate of drug-likeness (QED) is 0.516. The van der Waals surface area contributed by atoms with Gasteiger partial charge in [0.05, 0.1) is 10.2 Å². The minimum Gasteiger partial charge on any atom is -0.479 e. The molecule has 3 aliphatic heterocycles. The molecule has 1 N–H and O–H groups in total. The molecule has 186 valence electrons. The second-order valence-electron chi connectivity index (χ2n) is 9.30. The highest BCUT2D eigenvalue weighted by atomic mass is 35.5. The molecule has 2 fully saturated rings. The Kier molecular flexibility index (Phi) is 6.15. The number of carbonyl (C=O) groups is 3. The molecule has 2 aromatic heterocycles. The lowest BCUT2D eigenvalue weighted by atomic mass is 10.0. The molecule has 3 amide bonds. The van der Waals surface area contributed by atoms with E-state index < -0.39 is 6.10 Å². The summed E-state index contributed by atoms with van der Waals surface area (Å²) in [6, 6.07) is 7.72. The van der Waals surface area contributed by atoms with Crippen LogP contribution in [0.1, 0.15) is 23.3 Å². The van der Waals surface area contributed by atoms with Gasteiger partial charge in [-0.15, -0.1) is 11.3 Å². The van der Waals surface area contributed by atoms with E-state index in [1.54, 1.807) is 17.5 Å². The van der Waals surface area contributed by atoms with Crippen LogP contribution < -0.4 is 10.1 Å². The molecule has 0 bridgehead atoms. The van der Waals surface area contributed by atoms with Gasteiger partial charge >= 0.3 is 0 Å². The van der Waals surface area contributed by atoms with Crippen molar-refractivity contribution in [3.8, 4) is 16.9 Å². The van der Waals surface area contributed by atoms with Gasteiger partial charge in [-0.2, -0.15) is 0 Å². The van der Waals surface area contributed by atoms with Gasteiger partial charge in [0.15, 0.2) is 6.10 Å². The third kappa shape index (κ3) is 4.25. The standard InChI is InChI=1S/C26H25ClN4O4S/c27-16-11-15-12-21(26(34)30-9-6-28-7-10-30)35-24(15)19(13-16)18-3-5-29-20-14-17(36-25(18)20)4-8-31-22(32)1-2-23(31)33/h3,5,11,13-14,21,28H,1-2,4,6-10,12H2/t21-/m1/s1. The highest BCUT2D eigenvalue weighted by Crippen LogP contribution is 2.44. The van der Waals surface area contributed by atoms with Gasteiger partial charge in [-0.3, -0.25) is 24.3 Å². The molecule has 3 aliphatic rings. The highest BCUT2D eigenvalue weighted by molar-refractivity contribution is 7.19. The summed E-state index contributed by atoms with van der Waals surface area (Å²) in [6.07, 6.45) is 2.88. The fourth-order valence-corrected chi connectivity index (χ4v) is 6.54. The number of halogens is 1. The van der Waals surface area contributed by atoms with Crippen LogP contribution in [0, 0.1) is 0 Å². The predicted octanol–water partition coefficient (Wildman–Crippen LogP) is 3.04. The summed E-state index contributed by atoms with van der Waals surface area (Å²) in [5, 5.41) is 3.86. The Labute approximate surface area is 217 Å². The van der Waals surface area contributed by atoms with Crippen LogP contribution in [0.15, 0.2) is 30.5 Å². The van der Waals surface area contributed by atoms with E-state index in [0.29, 0.717) is 56.1 Å². The number of hydrogen-bond donors (Lipinski definition) is 1. The Bertz CT molecular complexity index is 1370. The summed E-state index contributed by atoms with van der Waals surface area (Å²) < 4.78 is 7.27. The third-order valence-electron chi connectivity index (χ3n) is 6.99. The molecular formula is C26H25ClN4O4S. The van der Waals surface area contributed by atoms with E-state index in [0.717, 1.165) is 44.9 Å². The lowest BCUT2D eigenvalue weighted by Gasteiger charge is -2.29. The second-order valence-corrected chi connectivity index (χ2v) is 10.9. The number of thiophene rings is 1. The average Bonchev–Trinajstić information content (AvgIpc) is 3.58. The highest BCUT2D eigenvalue weighted by Gasteiger charge is 2.35. The number of likely N-dealkylation sites (tertiary alicyclic amines) is 1. The van der Waals surface area contributed by atoms with Gasteiger partial charge in [0.2, 0.25) is 11.8 Å². The second kappa shape index (κ2) is 9.46. The smallest absolute Gasteiger partial charge is 0.264 e. The zero-order valence-corrected chi connectivity index (χ0v) is 21.2. The SMILES string of the molecule is O=C([C@H]1Cc2cc(Cl)cc(-c3ccnc4cc(CCN5C(=O)CCC5=O)sc34)c2O1)N1CCNCC1. The van der Waals surface area contributed by atoms with Crippen molar-refractivity contribution in [3.63, 3.8) is 0 Å². The first kappa shape index (κ1) is 23.4. The Morgan fingerprint density at radius 1 is 1.14 bits per heavy atom. The maximum atomic E-state index is 13.1. The molecule has 5 heterocycles. The summed E-state index contributed by atoms with van der Waals surface area (Å²) in [4.78, 5) is 45.9. The van der Waals surface area contributed by atoms with Crippen molar-refractivity contribution >= 4 is 50.9 Å². The van der Waals surface area contributed by atoms with E-state index in [4.69, 9.17) is 16.3 Å². The van der Waals surface area contributed by atoms with Crippen molar-refractivity contribution in [2.75, 3.05) is 32.7 Å². The van der Waals surface area contributed by atoms with Crippen LogP contribution in [0.25, 0.3) is 21.3 Å². The van der Waals surface area contributed by atoms with Crippen molar-refractivity contribution < 1.29 is 19.1 Å². The number of fused-ring (bicyclic) bond motifs is 2. The fraction of sp³-hybridized carbons (Fsp3) is 0.385. The van der Waals surface area contributed by atoms with E-state index >= 15 is 0 Å². The number of rotatable bonds is 5. The summed E-state index contributed by atoms with van der Waals surface area (Å²) in [5.41, 5.74) is 3.56. The van der Waals surface area contributed by atoms with Gasteiger partial charge < -0.3 is 15.0 Å². The summed E-state index contributed by atoms with van der Waals surface area (Å²) >= 11 is 8.11. The minimum absolute atomic E-state index is 0.0130. The number of nitrogens with one attached hydrogen (secondary N) is 1. The molecule has 6 rings (SSSR count). The number of nitrogens with zero attached hydrogens (tertiary/aromatic N) is 3. The normalized spacial score (nSPS) is 19.8. The topological polar surface area (TPSA) is 91.8 Å². The molecule has 1 atom stereocenters. The molecule has 36 heavy (non-hydrogen) atoms. The summed E-state index contributed by atoms with van der Waals surface area (Å²) in [6.45, 7) is 3.32. The molecule has 0 saturated carbocycles. The van der Waals surface area contributed by atoms with Crippen LogP contribution in [0.4, 0.5) is 0 Å². The molecule has 1 aromatic carbocycles. The number of aromatic nitrogens is 1. The van der Waals surface area contributed by atoms with Crippen molar-refractivity contribution in [1.82, 2.24) is 20.1 Å². The molecule has 0 radical (unpaired) electrons. The fourth-order valence-electron chi connectivity index (χ4n) is 5.17. The lowest BCUT2D eigenvalue weighted by Crippen LogP contribution is -2.50. The van der Waals surface area contributed by atoms with Crippen molar-refractivity contribution in [2.24, 2.45) is 0 Å². The van der Waals surface area contributed by atoms with Gasteiger partial charge in [-0.25, -0.2) is 0 Å². The molecular weight excluding hydrogens is 500 g/mol. The molecule has 0 spiro atoms. The molecule has 0 unspecified atom stereocenters. The minimum atomic E-state index is -0.554. The van der Waals surface area contributed by atoms with Crippen LogP contribution >= 0.6 is 22.9 Å². The molecule has 2 saturated heterocycles. The summed E-state index contributed by atoms with van der Waals surface area (Å²) in [7, 11) is 0. The van der Waals surface area contributed by atoms with Crippen LogP contribution in [0.5, 0.6) is 5.75 Å². The van der Waals surface area contributed by atoms with Gasteiger partial charge in [0.25, 0.3) is 5.91 Å². The van der Waals surface area contributed by atoms with Gasteiger partial charge in [-0.05, 0) is 24.3 Å². The predicted molar refractivity (Wildman–Crippen MR) is 137 cm³/mol. The maximum Gasteiger partial charge on any atom is 0.264 e. The first-order valence-corrected chi connectivity index (χ1v) is 13.4. The Morgan fingerprint density at radius 2 is 1.92 bits per heavy atom. The number of carbonyl (C=O) groups excluding carboxylic acids is 3.